The highest BCUT2D eigenvalue weighted by molar-refractivity contribution is 6.31. The quantitative estimate of drug-likeness (QED) is 0.488. The molecule has 2 aromatic heterocycles. The van der Waals surface area contributed by atoms with Crippen molar-refractivity contribution in [1.29, 1.82) is 0 Å². The van der Waals surface area contributed by atoms with Gasteiger partial charge in [-0.3, -0.25) is 9.36 Å². The molecule has 4 rings (SSSR count). The lowest BCUT2D eigenvalue weighted by Gasteiger charge is -2.08. The van der Waals surface area contributed by atoms with Crippen LogP contribution in [0.5, 0.6) is 5.75 Å². The summed E-state index contributed by atoms with van der Waals surface area (Å²) in [5.74, 6) is -0.630. The predicted molar refractivity (Wildman–Crippen MR) is 102 cm³/mol. The van der Waals surface area contributed by atoms with E-state index >= 15 is 0 Å². The van der Waals surface area contributed by atoms with Gasteiger partial charge in [-0.2, -0.15) is 8.78 Å². The van der Waals surface area contributed by atoms with Crippen LogP contribution in [0.25, 0.3) is 22.6 Å². The summed E-state index contributed by atoms with van der Waals surface area (Å²) in [7, 11) is 1.64. The molecule has 0 aliphatic heterocycles. The second-order valence-corrected chi connectivity index (χ2v) is 6.72. The highest BCUT2D eigenvalue weighted by Gasteiger charge is 2.23. The minimum Gasteiger partial charge on any atom is -0.507 e. The molecule has 142 valence electrons. The van der Waals surface area contributed by atoms with Gasteiger partial charge in [-0.1, -0.05) is 23.7 Å². The molecule has 0 atom stereocenters. The Morgan fingerprint density at radius 2 is 1.93 bits per heavy atom. The van der Waals surface area contributed by atoms with Crippen molar-refractivity contribution in [3.8, 4) is 17.3 Å². The third kappa shape index (κ3) is 2.93. The van der Waals surface area contributed by atoms with Gasteiger partial charge in [0, 0.05) is 23.8 Å². The number of imidazole rings is 1. The molecule has 0 unspecified atom stereocenters. The second kappa shape index (κ2) is 6.76. The van der Waals surface area contributed by atoms with Crippen LogP contribution in [-0.4, -0.2) is 25.0 Å². The van der Waals surface area contributed by atoms with E-state index < -0.39 is 12.3 Å². The molecule has 0 amide bonds. The predicted octanol–water partition coefficient (Wildman–Crippen LogP) is 5.03. The smallest absolute Gasteiger partial charge is 0.320 e. The molecule has 0 saturated carbocycles. The number of aryl methyl sites for hydroxylation is 1. The fourth-order valence-corrected chi connectivity index (χ4v) is 3.35. The van der Waals surface area contributed by atoms with Crippen molar-refractivity contribution in [2.75, 3.05) is 0 Å². The number of ketones is 1. The van der Waals surface area contributed by atoms with Crippen molar-refractivity contribution < 1.29 is 18.7 Å². The zero-order chi connectivity index (χ0) is 20.0. The molecule has 0 radical (unpaired) electrons. The molecule has 5 nitrogen and oxygen atoms in total. The monoisotopic (exact) mass is 401 g/mol. The number of hydrogen-bond acceptors (Lipinski definition) is 3. The molecule has 1 N–H and O–H groups in total. The lowest BCUT2D eigenvalue weighted by Crippen LogP contribution is -2.03. The second-order valence-electron chi connectivity index (χ2n) is 6.29. The maximum atomic E-state index is 13.7. The average Bonchev–Trinajstić information content (AvgIpc) is 3.23. The zero-order valence-electron chi connectivity index (χ0n) is 14.6. The Balaban J connectivity index is 1.85. The standard InChI is InChI=1S/C20H14ClF2N3O2/c1-25-10-11(18(28)13-9-12(21)6-7-17(13)27)8-16(25)19-24-14-4-2-3-5-15(14)26(19)20(22)23/h2-10,20,27H,1H3. The van der Waals surface area contributed by atoms with Crippen LogP contribution in [-0.2, 0) is 7.05 Å². The first kappa shape index (κ1) is 18.2. The van der Waals surface area contributed by atoms with E-state index in [0.717, 1.165) is 4.57 Å². The number of aromatic nitrogens is 3. The van der Waals surface area contributed by atoms with Gasteiger partial charge in [0.05, 0.1) is 22.3 Å². The molecule has 2 aromatic carbocycles. The normalized spacial score (nSPS) is 11.5. The molecule has 0 aliphatic carbocycles. The van der Waals surface area contributed by atoms with Crippen LogP contribution in [0.3, 0.4) is 0 Å². The van der Waals surface area contributed by atoms with Gasteiger partial charge in [-0.25, -0.2) is 4.98 Å². The van der Waals surface area contributed by atoms with Crippen molar-refractivity contribution in [3.63, 3.8) is 0 Å². The van der Waals surface area contributed by atoms with Crippen LogP contribution in [0.1, 0.15) is 22.5 Å². The molecule has 0 spiro atoms. The fraction of sp³-hybridized carbons (Fsp3) is 0.100. The minimum atomic E-state index is -2.80. The molecule has 0 saturated heterocycles. The number of hydrogen-bond donors (Lipinski definition) is 1. The number of carbonyl (C=O) groups excluding carboxylic acids is 1. The first-order valence-corrected chi connectivity index (χ1v) is 8.69. The number of benzene rings is 2. The van der Waals surface area contributed by atoms with Crippen LogP contribution in [0.4, 0.5) is 8.78 Å². The van der Waals surface area contributed by atoms with E-state index in [0.29, 0.717) is 21.7 Å². The van der Waals surface area contributed by atoms with Crippen LogP contribution in [0, 0.1) is 0 Å². The summed E-state index contributed by atoms with van der Waals surface area (Å²) in [4.78, 5) is 17.1. The van der Waals surface area contributed by atoms with Gasteiger partial charge in [0.2, 0.25) is 0 Å². The molecular weight excluding hydrogens is 388 g/mol. The average molecular weight is 402 g/mol. The van der Waals surface area contributed by atoms with Crippen LogP contribution < -0.4 is 0 Å². The summed E-state index contributed by atoms with van der Waals surface area (Å²) >= 11 is 5.92. The molecule has 28 heavy (non-hydrogen) atoms. The number of phenolic OH excluding ortho intramolecular Hbond substituents is 1. The van der Waals surface area contributed by atoms with E-state index in [-0.39, 0.29) is 22.7 Å². The Bertz CT molecular complexity index is 1210. The number of alkyl halides is 2. The number of nitrogens with zero attached hydrogens (tertiary/aromatic N) is 3. The van der Waals surface area contributed by atoms with Gasteiger partial charge >= 0.3 is 6.55 Å². The van der Waals surface area contributed by atoms with Crippen molar-refractivity contribution in [3.05, 3.63) is 70.9 Å². The summed E-state index contributed by atoms with van der Waals surface area (Å²) in [5, 5.41) is 10.3. The van der Waals surface area contributed by atoms with Gasteiger partial charge in [0.25, 0.3) is 0 Å². The van der Waals surface area contributed by atoms with E-state index in [2.05, 4.69) is 4.98 Å². The SMILES string of the molecule is Cn1cc(C(=O)c2cc(Cl)ccc2O)cc1-c1nc2ccccc2n1C(F)F. The van der Waals surface area contributed by atoms with Crippen LogP contribution in [0.2, 0.25) is 5.02 Å². The molecule has 2 heterocycles. The van der Waals surface area contributed by atoms with Crippen molar-refractivity contribution >= 4 is 28.4 Å². The topological polar surface area (TPSA) is 60.1 Å². The Morgan fingerprint density at radius 1 is 1.18 bits per heavy atom. The minimum absolute atomic E-state index is 0.0343. The fourth-order valence-electron chi connectivity index (χ4n) is 3.18. The Morgan fingerprint density at radius 3 is 2.68 bits per heavy atom. The lowest BCUT2D eigenvalue weighted by atomic mass is 10.0. The van der Waals surface area contributed by atoms with Gasteiger partial charge in [-0.05, 0) is 36.4 Å². The maximum Gasteiger partial charge on any atom is 0.320 e. The third-order valence-electron chi connectivity index (χ3n) is 4.49. The Kier molecular flexibility index (Phi) is 4.39. The number of aromatic hydroxyl groups is 1. The number of phenols is 1. The Hall–Kier alpha value is -3.19. The van der Waals surface area contributed by atoms with Gasteiger partial charge in [0.15, 0.2) is 11.6 Å². The first-order chi connectivity index (χ1) is 13.4. The van der Waals surface area contributed by atoms with E-state index in [1.807, 2.05) is 0 Å². The van der Waals surface area contributed by atoms with Crippen LogP contribution >= 0.6 is 11.6 Å². The molecule has 0 bridgehead atoms. The third-order valence-corrected chi connectivity index (χ3v) is 4.73. The van der Waals surface area contributed by atoms with E-state index in [4.69, 9.17) is 11.6 Å². The molecular formula is C20H14ClF2N3O2. The zero-order valence-corrected chi connectivity index (χ0v) is 15.4. The number of carbonyl (C=O) groups is 1. The lowest BCUT2D eigenvalue weighted by molar-refractivity contribution is 0.0763. The van der Waals surface area contributed by atoms with Crippen molar-refractivity contribution in [1.82, 2.24) is 14.1 Å². The molecule has 0 fully saturated rings. The largest absolute Gasteiger partial charge is 0.507 e. The number of para-hydroxylation sites is 2. The summed E-state index contributed by atoms with van der Waals surface area (Å²) in [6.07, 6.45) is 1.51. The highest BCUT2D eigenvalue weighted by atomic mass is 35.5. The van der Waals surface area contributed by atoms with E-state index in [1.165, 1.54) is 30.5 Å². The summed E-state index contributed by atoms with van der Waals surface area (Å²) in [5.41, 5.74) is 1.34. The Labute approximate surface area is 163 Å². The van der Waals surface area contributed by atoms with Gasteiger partial charge < -0.3 is 9.67 Å². The van der Waals surface area contributed by atoms with Crippen LogP contribution in [0.15, 0.2) is 54.7 Å². The maximum absolute atomic E-state index is 13.7. The summed E-state index contributed by atoms with van der Waals surface area (Å²) in [6.45, 7) is -2.80. The summed E-state index contributed by atoms with van der Waals surface area (Å²) < 4.78 is 29.8. The van der Waals surface area contributed by atoms with Gasteiger partial charge in [0.1, 0.15) is 5.75 Å². The summed E-state index contributed by atoms with van der Waals surface area (Å²) in [6, 6.07) is 12.2. The van der Waals surface area contributed by atoms with Crippen molar-refractivity contribution in [2.24, 2.45) is 7.05 Å². The number of halogens is 3. The molecule has 4 aromatic rings. The van der Waals surface area contributed by atoms with E-state index in [9.17, 15) is 18.7 Å². The van der Waals surface area contributed by atoms with Crippen molar-refractivity contribution in [2.45, 2.75) is 6.55 Å². The van der Waals surface area contributed by atoms with E-state index in [1.54, 1.807) is 35.9 Å². The van der Waals surface area contributed by atoms with Gasteiger partial charge in [-0.15, -0.1) is 0 Å². The number of fused-ring (bicyclic) bond motifs is 1. The molecule has 0 aliphatic rings. The molecule has 8 heteroatoms. The first-order valence-electron chi connectivity index (χ1n) is 8.32. The number of rotatable bonds is 4. The highest BCUT2D eigenvalue weighted by Crippen LogP contribution is 2.32.